The highest BCUT2D eigenvalue weighted by atomic mass is 79.9. The molecule has 4 rings (SSSR count). The summed E-state index contributed by atoms with van der Waals surface area (Å²) in [6, 6.07) is 0. The van der Waals surface area contributed by atoms with Crippen molar-refractivity contribution in [1.29, 1.82) is 0 Å². The summed E-state index contributed by atoms with van der Waals surface area (Å²) in [5.41, 5.74) is 1.09. The van der Waals surface area contributed by atoms with Gasteiger partial charge in [-0.25, -0.2) is 0 Å². The summed E-state index contributed by atoms with van der Waals surface area (Å²) in [5.74, 6) is 1.70. The molecule has 0 aromatic carbocycles. The molecule has 4 aliphatic rings. The van der Waals surface area contributed by atoms with Gasteiger partial charge in [0.15, 0.2) is 0 Å². The molecule has 4 atom stereocenters. The van der Waals surface area contributed by atoms with Crippen LogP contribution in [0.2, 0.25) is 0 Å². The van der Waals surface area contributed by atoms with Gasteiger partial charge in [-0.2, -0.15) is 0 Å². The molecule has 0 amide bonds. The Morgan fingerprint density at radius 2 is 1.18 bits per heavy atom. The predicted molar refractivity (Wildman–Crippen MR) is 85.3 cm³/mol. The predicted octanol–water partition coefficient (Wildman–Crippen LogP) is 5.95. The standard InChI is InChI=1S/C13H16Br4/c14-12(15)8-6-10-4-2-1-3-5-11(10,7-9(8)12)13(10,16)17/h8-9H,1-7H2/t8-,9+,10-,11+. The highest BCUT2D eigenvalue weighted by molar-refractivity contribution is 9.26. The van der Waals surface area contributed by atoms with Crippen LogP contribution in [0.15, 0.2) is 0 Å². The Bertz CT molecular complexity index is 359. The molecule has 0 spiro atoms. The first-order chi connectivity index (χ1) is 7.89. The van der Waals surface area contributed by atoms with Gasteiger partial charge in [0.05, 0.1) is 6.47 Å². The molecule has 0 aliphatic heterocycles. The van der Waals surface area contributed by atoms with Crippen molar-refractivity contribution in [2.75, 3.05) is 0 Å². The summed E-state index contributed by atoms with van der Waals surface area (Å²) in [4.78, 5) is 0. The van der Waals surface area contributed by atoms with Gasteiger partial charge in [0.25, 0.3) is 0 Å². The number of hydrogen-bond acceptors (Lipinski definition) is 0. The fraction of sp³-hybridized carbons (Fsp3) is 1.00. The van der Waals surface area contributed by atoms with Gasteiger partial charge in [-0.05, 0) is 37.5 Å². The lowest BCUT2D eigenvalue weighted by atomic mass is 9.77. The fourth-order valence-corrected chi connectivity index (χ4v) is 9.60. The molecule has 4 heteroatoms. The lowest BCUT2D eigenvalue weighted by molar-refractivity contribution is 0.214. The van der Waals surface area contributed by atoms with E-state index in [0.29, 0.717) is 10.8 Å². The maximum Gasteiger partial charge on any atom is 0.0929 e. The van der Waals surface area contributed by atoms with Crippen LogP contribution in [0.25, 0.3) is 0 Å². The summed E-state index contributed by atoms with van der Waals surface area (Å²) < 4.78 is 0.534. The van der Waals surface area contributed by atoms with E-state index >= 15 is 0 Å². The molecule has 0 aromatic rings. The minimum Gasteiger partial charge on any atom is -0.0721 e. The van der Waals surface area contributed by atoms with Crippen LogP contribution in [0, 0.1) is 22.7 Å². The first kappa shape index (κ1) is 12.6. The van der Waals surface area contributed by atoms with Crippen LogP contribution in [0.5, 0.6) is 0 Å². The van der Waals surface area contributed by atoms with E-state index in [1.807, 2.05) is 0 Å². The van der Waals surface area contributed by atoms with Gasteiger partial charge in [-0.3, -0.25) is 0 Å². The summed E-state index contributed by atoms with van der Waals surface area (Å²) in [6.45, 7) is 0. The van der Waals surface area contributed by atoms with Crippen molar-refractivity contribution < 1.29 is 0 Å². The van der Waals surface area contributed by atoms with E-state index in [0.717, 1.165) is 11.8 Å². The number of halogens is 4. The zero-order valence-corrected chi connectivity index (χ0v) is 16.0. The third kappa shape index (κ3) is 1.22. The maximum atomic E-state index is 4.06. The van der Waals surface area contributed by atoms with Crippen molar-refractivity contribution in [3.8, 4) is 0 Å². The second-order valence-electron chi connectivity index (χ2n) is 6.60. The van der Waals surface area contributed by atoms with Crippen LogP contribution in [-0.4, -0.2) is 6.47 Å². The van der Waals surface area contributed by atoms with E-state index in [4.69, 9.17) is 0 Å². The highest BCUT2D eigenvalue weighted by Crippen LogP contribution is 2.93. The zero-order valence-electron chi connectivity index (χ0n) is 9.62. The van der Waals surface area contributed by atoms with Gasteiger partial charge in [0, 0.05) is 10.8 Å². The molecule has 17 heavy (non-hydrogen) atoms. The molecule has 0 N–H and O–H groups in total. The number of rotatable bonds is 0. The molecule has 0 nitrogen and oxygen atoms in total. The van der Waals surface area contributed by atoms with E-state index in [9.17, 15) is 0 Å². The van der Waals surface area contributed by atoms with Crippen LogP contribution in [0.1, 0.15) is 44.9 Å². The molecule has 4 aliphatic carbocycles. The number of fused-ring (bicyclic) bond motifs is 1. The number of alkyl halides is 4. The highest BCUT2D eigenvalue weighted by Gasteiger charge is 2.89. The quantitative estimate of drug-likeness (QED) is 0.367. The first-order valence-corrected chi connectivity index (χ1v) is 9.82. The largest absolute Gasteiger partial charge is 0.0929 e. The van der Waals surface area contributed by atoms with E-state index < -0.39 is 0 Å². The summed E-state index contributed by atoms with van der Waals surface area (Å²) >= 11 is 15.9. The van der Waals surface area contributed by atoms with Gasteiger partial charge in [0.1, 0.15) is 0 Å². The molecule has 0 heterocycles. The molecular weight excluding hydrogens is 476 g/mol. The van der Waals surface area contributed by atoms with Crippen LogP contribution >= 0.6 is 63.7 Å². The third-order valence-corrected chi connectivity index (χ3v) is 11.7. The average molecular weight is 492 g/mol. The Labute approximate surface area is 137 Å². The van der Waals surface area contributed by atoms with Crippen molar-refractivity contribution in [2.45, 2.75) is 51.4 Å². The Balaban J connectivity index is 1.75. The lowest BCUT2D eigenvalue weighted by Gasteiger charge is -2.26. The van der Waals surface area contributed by atoms with E-state index in [2.05, 4.69) is 63.7 Å². The van der Waals surface area contributed by atoms with Crippen molar-refractivity contribution in [1.82, 2.24) is 0 Å². The molecule has 0 unspecified atom stereocenters. The molecule has 4 fully saturated rings. The molecule has 4 saturated carbocycles. The van der Waals surface area contributed by atoms with Crippen molar-refractivity contribution in [3.63, 3.8) is 0 Å². The minimum absolute atomic E-state index is 0.254. The monoisotopic (exact) mass is 488 g/mol. The normalized spacial score (nSPS) is 57.2. The molecule has 0 aromatic heterocycles. The van der Waals surface area contributed by atoms with Crippen LogP contribution in [-0.2, 0) is 0 Å². The Morgan fingerprint density at radius 3 is 1.65 bits per heavy atom. The summed E-state index contributed by atoms with van der Waals surface area (Å²) in [5, 5.41) is 0. The smallest absolute Gasteiger partial charge is 0.0721 e. The van der Waals surface area contributed by atoms with Crippen molar-refractivity contribution >= 4 is 63.7 Å². The van der Waals surface area contributed by atoms with E-state index in [1.165, 1.54) is 44.9 Å². The molecule has 96 valence electrons. The van der Waals surface area contributed by atoms with Crippen LogP contribution in [0.4, 0.5) is 0 Å². The lowest BCUT2D eigenvalue weighted by Crippen LogP contribution is -2.19. The Morgan fingerprint density at radius 1 is 0.706 bits per heavy atom. The summed E-state index contributed by atoms with van der Waals surface area (Å²) in [6.07, 6.45) is 9.93. The van der Waals surface area contributed by atoms with Gasteiger partial charge < -0.3 is 0 Å². The fourth-order valence-electron chi connectivity index (χ4n) is 5.18. The summed E-state index contributed by atoms with van der Waals surface area (Å²) in [7, 11) is 0. The van der Waals surface area contributed by atoms with Gasteiger partial charge in [-0.1, -0.05) is 83.0 Å². The second kappa shape index (κ2) is 3.39. The maximum absolute atomic E-state index is 4.06. The molecular formula is C13H16Br4. The second-order valence-corrected chi connectivity index (χ2v) is 13.7. The number of hydrogen-bond donors (Lipinski definition) is 0. The third-order valence-electron chi connectivity index (χ3n) is 6.26. The van der Waals surface area contributed by atoms with E-state index in [-0.39, 0.29) is 6.47 Å². The van der Waals surface area contributed by atoms with Crippen molar-refractivity contribution in [2.24, 2.45) is 22.7 Å². The average Bonchev–Trinajstić information content (AvgIpc) is 2.99. The van der Waals surface area contributed by atoms with Gasteiger partial charge in [-0.15, -0.1) is 0 Å². The Hall–Kier alpha value is 1.92. The Kier molecular flexibility index (Phi) is 2.52. The zero-order chi connectivity index (χ0) is 12.1. The van der Waals surface area contributed by atoms with Crippen LogP contribution in [0.3, 0.4) is 0 Å². The van der Waals surface area contributed by atoms with Gasteiger partial charge in [0.2, 0.25) is 0 Å². The molecule has 0 radical (unpaired) electrons. The first-order valence-electron chi connectivity index (χ1n) is 6.65. The van der Waals surface area contributed by atoms with Gasteiger partial charge >= 0.3 is 0 Å². The minimum atomic E-state index is 0.254. The SMILES string of the molecule is BrC1(Br)[C@@H]2C[C@]34CCCCC[C@@]3(C[C@@H]21)C4(Br)Br. The van der Waals surface area contributed by atoms with Crippen molar-refractivity contribution in [3.05, 3.63) is 0 Å². The molecule has 0 bridgehead atoms. The van der Waals surface area contributed by atoms with E-state index in [1.54, 1.807) is 0 Å². The van der Waals surface area contributed by atoms with Crippen LogP contribution < -0.4 is 0 Å². The molecule has 0 saturated heterocycles. The topological polar surface area (TPSA) is 0 Å².